The minimum Gasteiger partial charge on any atom is -0.481 e. The Bertz CT molecular complexity index is 895. The number of aryl methyl sites for hydroxylation is 1. The third kappa shape index (κ3) is 5.57. The summed E-state index contributed by atoms with van der Waals surface area (Å²) in [6.07, 6.45) is 0.0510. The van der Waals surface area contributed by atoms with E-state index in [1.165, 1.54) is 19.1 Å². The van der Waals surface area contributed by atoms with E-state index in [0.717, 1.165) is 11.3 Å². The predicted molar refractivity (Wildman–Crippen MR) is 98.0 cm³/mol. The lowest BCUT2D eigenvalue weighted by molar-refractivity contribution is -0.380. The molecule has 142 valence electrons. The molecule has 2 aromatic rings. The summed E-state index contributed by atoms with van der Waals surface area (Å²) in [6.45, 7) is 1.47. The van der Waals surface area contributed by atoms with E-state index in [2.05, 4.69) is 15.6 Å². The molecule has 0 aliphatic rings. The Morgan fingerprint density at radius 2 is 1.93 bits per heavy atom. The molecule has 3 N–H and O–H groups in total. The van der Waals surface area contributed by atoms with Crippen molar-refractivity contribution in [2.24, 2.45) is 0 Å². The quantitative estimate of drug-likeness (QED) is 0.461. The molecule has 0 unspecified atom stereocenters. The summed E-state index contributed by atoms with van der Waals surface area (Å²) in [5, 5.41) is 24.4. The number of hydrogen-bond acceptors (Lipinski definition) is 7. The van der Waals surface area contributed by atoms with Crippen molar-refractivity contribution in [3.05, 3.63) is 45.6 Å². The van der Waals surface area contributed by atoms with E-state index in [1.807, 2.05) is 0 Å². The monoisotopic (exact) mass is 392 g/mol. The van der Waals surface area contributed by atoms with E-state index < -0.39 is 22.7 Å². The first-order chi connectivity index (χ1) is 12.8. The summed E-state index contributed by atoms with van der Waals surface area (Å²) in [7, 11) is 0. The van der Waals surface area contributed by atoms with Crippen LogP contribution in [0.2, 0.25) is 0 Å². The number of benzene rings is 1. The number of amides is 2. The molecule has 27 heavy (non-hydrogen) atoms. The molecular formula is C16H16N4O6S. The number of nitrogens with one attached hydrogen (secondary N) is 2. The van der Waals surface area contributed by atoms with Gasteiger partial charge in [0.15, 0.2) is 5.13 Å². The van der Waals surface area contributed by atoms with Crippen LogP contribution in [0, 0.1) is 17.0 Å². The van der Waals surface area contributed by atoms with Gasteiger partial charge in [-0.2, -0.15) is 0 Å². The molecule has 2 rings (SSSR count). The predicted octanol–water partition coefficient (Wildman–Crippen LogP) is 2.81. The number of hydrogen-bond donors (Lipinski definition) is 3. The average molecular weight is 392 g/mol. The maximum Gasteiger partial charge on any atom is 0.348 e. The number of thiazole rings is 1. The highest BCUT2D eigenvalue weighted by Gasteiger charge is 2.20. The maximum absolute atomic E-state index is 12.5. The third-order valence-electron chi connectivity index (χ3n) is 3.40. The van der Waals surface area contributed by atoms with Gasteiger partial charge in [0.2, 0.25) is 5.91 Å². The van der Waals surface area contributed by atoms with Crippen molar-refractivity contribution in [3.8, 4) is 0 Å². The first kappa shape index (κ1) is 20.0. The molecule has 0 bridgehead atoms. The number of nitro groups is 1. The fraction of sp³-hybridized carbons (Fsp3) is 0.250. The molecule has 2 amide bonds. The molecule has 0 spiro atoms. The number of carbonyl (C=O) groups excluding carboxylic acids is 2. The zero-order chi connectivity index (χ0) is 20.0. The zero-order valence-electron chi connectivity index (χ0n) is 14.2. The van der Waals surface area contributed by atoms with Crippen LogP contribution >= 0.6 is 11.3 Å². The van der Waals surface area contributed by atoms with Gasteiger partial charge in [0, 0.05) is 12.8 Å². The molecule has 0 atom stereocenters. The summed E-state index contributed by atoms with van der Waals surface area (Å²) in [5.74, 6) is -1.99. The average Bonchev–Trinajstić information content (AvgIpc) is 2.95. The van der Waals surface area contributed by atoms with E-state index in [4.69, 9.17) is 5.11 Å². The lowest BCUT2D eigenvalue weighted by Gasteiger charge is -2.10. The first-order valence-corrected chi connectivity index (χ1v) is 8.63. The van der Waals surface area contributed by atoms with Gasteiger partial charge in [0.1, 0.15) is 5.69 Å². The molecule has 0 aliphatic heterocycles. The number of carboxylic acid groups (broad SMARTS) is 1. The first-order valence-electron chi connectivity index (χ1n) is 7.81. The lowest BCUT2D eigenvalue weighted by atomic mass is 10.1. The second kappa shape index (κ2) is 8.85. The molecule has 0 saturated carbocycles. The molecule has 0 saturated heterocycles. The summed E-state index contributed by atoms with van der Waals surface area (Å²) in [5.41, 5.74) is 0.595. The molecule has 1 aromatic carbocycles. The van der Waals surface area contributed by atoms with Gasteiger partial charge in [-0.25, -0.2) is 4.98 Å². The molecule has 10 nitrogen and oxygen atoms in total. The minimum atomic E-state index is -0.990. The number of carbonyl (C=O) groups is 3. The van der Waals surface area contributed by atoms with Crippen molar-refractivity contribution in [2.75, 3.05) is 10.6 Å². The highest BCUT2D eigenvalue weighted by Crippen LogP contribution is 2.30. The standard InChI is InChI=1S/C16H16N4O6S/c1-9-15(20(25)26)27-16(17-9)19-14(24)10-5-2-3-6-11(10)18-12(21)7-4-8-13(22)23/h2-3,5-6H,4,7-8H2,1H3,(H,18,21)(H,22,23)(H,17,19,24). The van der Waals surface area contributed by atoms with Crippen LogP contribution in [-0.4, -0.2) is 32.8 Å². The topological polar surface area (TPSA) is 152 Å². The number of rotatable bonds is 8. The van der Waals surface area contributed by atoms with Gasteiger partial charge in [0.25, 0.3) is 5.91 Å². The number of para-hydroxylation sites is 1. The van der Waals surface area contributed by atoms with Crippen molar-refractivity contribution >= 4 is 44.9 Å². The van der Waals surface area contributed by atoms with Crippen molar-refractivity contribution in [1.29, 1.82) is 0 Å². The second-order valence-electron chi connectivity index (χ2n) is 5.46. The number of nitrogens with zero attached hydrogens (tertiary/aromatic N) is 2. The maximum atomic E-state index is 12.5. The van der Waals surface area contributed by atoms with Gasteiger partial charge in [-0.3, -0.25) is 29.8 Å². The summed E-state index contributed by atoms with van der Waals surface area (Å²) in [4.78, 5) is 49.1. The highest BCUT2D eigenvalue weighted by atomic mass is 32.1. The molecule has 0 radical (unpaired) electrons. The minimum absolute atomic E-state index is 0.000122. The molecular weight excluding hydrogens is 376 g/mol. The van der Waals surface area contributed by atoms with Gasteiger partial charge >= 0.3 is 11.0 Å². The third-order valence-corrected chi connectivity index (χ3v) is 4.42. The van der Waals surface area contributed by atoms with Crippen LogP contribution in [0.25, 0.3) is 0 Å². The van der Waals surface area contributed by atoms with E-state index in [9.17, 15) is 24.5 Å². The van der Waals surface area contributed by atoms with Gasteiger partial charge in [-0.15, -0.1) is 0 Å². The molecule has 1 aromatic heterocycles. The summed E-state index contributed by atoms with van der Waals surface area (Å²) < 4.78 is 0. The van der Waals surface area contributed by atoms with E-state index in [-0.39, 0.29) is 46.3 Å². The number of anilines is 2. The van der Waals surface area contributed by atoms with Crippen LogP contribution in [0.15, 0.2) is 24.3 Å². The van der Waals surface area contributed by atoms with Gasteiger partial charge in [-0.1, -0.05) is 12.1 Å². The molecule has 0 aliphatic carbocycles. The van der Waals surface area contributed by atoms with Crippen LogP contribution in [-0.2, 0) is 9.59 Å². The van der Waals surface area contributed by atoms with Gasteiger partial charge in [0.05, 0.1) is 16.2 Å². The van der Waals surface area contributed by atoms with E-state index >= 15 is 0 Å². The van der Waals surface area contributed by atoms with Crippen LogP contribution in [0.4, 0.5) is 15.8 Å². The number of carboxylic acids is 1. The Kier molecular flexibility index (Phi) is 6.55. The Morgan fingerprint density at radius 1 is 1.22 bits per heavy atom. The van der Waals surface area contributed by atoms with Crippen molar-refractivity contribution in [2.45, 2.75) is 26.2 Å². The normalized spacial score (nSPS) is 10.3. The van der Waals surface area contributed by atoms with Crippen LogP contribution in [0.1, 0.15) is 35.3 Å². The lowest BCUT2D eigenvalue weighted by Crippen LogP contribution is -2.18. The van der Waals surface area contributed by atoms with Crippen molar-refractivity contribution in [3.63, 3.8) is 0 Å². The molecule has 0 fully saturated rings. The summed E-state index contributed by atoms with van der Waals surface area (Å²) in [6, 6.07) is 6.24. The van der Waals surface area contributed by atoms with Gasteiger partial charge < -0.3 is 10.4 Å². The van der Waals surface area contributed by atoms with Gasteiger partial charge in [-0.05, 0) is 36.8 Å². The largest absolute Gasteiger partial charge is 0.481 e. The highest BCUT2D eigenvalue weighted by molar-refractivity contribution is 7.19. The Balaban J connectivity index is 2.08. The number of aromatic nitrogens is 1. The fourth-order valence-corrected chi connectivity index (χ4v) is 2.96. The van der Waals surface area contributed by atoms with Crippen LogP contribution in [0.5, 0.6) is 0 Å². The van der Waals surface area contributed by atoms with Crippen molar-refractivity contribution in [1.82, 2.24) is 4.98 Å². The Hall–Kier alpha value is -3.34. The zero-order valence-corrected chi connectivity index (χ0v) is 15.0. The smallest absolute Gasteiger partial charge is 0.348 e. The Morgan fingerprint density at radius 3 is 2.56 bits per heavy atom. The SMILES string of the molecule is Cc1nc(NC(=O)c2ccccc2NC(=O)CCCC(=O)O)sc1[N+](=O)[O-]. The van der Waals surface area contributed by atoms with E-state index in [1.54, 1.807) is 12.1 Å². The van der Waals surface area contributed by atoms with E-state index in [0.29, 0.717) is 0 Å². The fourth-order valence-electron chi connectivity index (χ4n) is 2.18. The van der Waals surface area contributed by atoms with Crippen molar-refractivity contribution < 1.29 is 24.4 Å². The molecule has 1 heterocycles. The molecule has 11 heteroatoms. The summed E-state index contributed by atoms with van der Waals surface area (Å²) >= 11 is 0.739. The Labute approximate surface area is 157 Å². The van der Waals surface area contributed by atoms with Crippen LogP contribution in [0.3, 0.4) is 0 Å². The van der Waals surface area contributed by atoms with Crippen LogP contribution < -0.4 is 10.6 Å². The second-order valence-corrected chi connectivity index (χ2v) is 6.44. The number of aliphatic carboxylic acids is 1.